The molecule has 2 aromatic rings. The summed E-state index contributed by atoms with van der Waals surface area (Å²) in [5, 5.41) is 5.27. The van der Waals surface area contributed by atoms with Crippen molar-refractivity contribution in [3.63, 3.8) is 0 Å². The number of piperazine rings is 1. The molecule has 2 aliphatic rings. The van der Waals surface area contributed by atoms with E-state index >= 15 is 0 Å². The Balaban J connectivity index is 1.27. The van der Waals surface area contributed by atoms with Gasteiger partial charge in [-0.25, -0.2) is 0 Å². The second-order valence-corrected chi connectivity index (χ2v) is 7.28. The average Bonchev–Trinajstić information content (AvgIpc) is 3.06. The minimum atomic E-state index is 0.455. The number of rotatable bonds is 4. The average molecular weight is 329 g/mol. The first-order valence-corrected chi connectivity index (χ1v) is 9.22. The van der Waals surface area contributed by atoms with Gasteiger partial charge in [0, 0.05) is 50.7 Å². The van der Waals surface area contributed by atoms with E-state index in [9.17, 15) is 0 Å². The van der Waals surface area contributed by atoms with Crippen LogP contribution in [0.2, 0.25) is 0 Å². The van der Waals surface area contributed by atoms with E-state index < -0.39 is 0 Å². The number of anilines is 1. The van der Waals surface area contributed by atoms with E-state index in [1.807, 2.05) is 12.3 Å². The van der Waals surface area contributed by atoms with Gasteiger partial charge in [0.15, 0.2) is 11.4 Å². The largest absolute Gasteiger partial charge is 0.354 e. The fourth-order valence-corrected chi connectivity index (χ4v) is 4.02. The summed E-state index contributed by atoms with van der Waals surface area (Å²) in [6.07, 6.45) is 9.98. The molecular formula is C18H27N5O. The Morgan fingerprint density at radius 1 is 1.12 bits per heavy atom. The maximum absolute atomic E-state index is 6.00. The highest BCUT2D eigenvalue weighted by Crippen LogP contribution is 2.27. The van der Waals surface area contributed by atoms with Gasteiger partial charge in [-0.3, -0.25) is 9.88 Å². The molecular weight excluding hydrogens is 302 g/mol. The van der Waals surface area contributed by atoms with Gasteiger partial charge in [0.2, 0.25) is 0 Å². The summed E-state index contributed by atoms with van der Waals surface area (Å²) in [4.78, 5) is 9.11. The normalized spacial score (nSPS) is 26.1. The molecule has 1 aliphatic heterocycles. The van der Waals surface area contributed by atoms with Crippen molar-refractivity contribution in [3.8, 4) is 0 Å². The zero-order valence-corrected chi connectivity index (χ0v) is 14.2. The molecule has 6 heteroatoms. The van der Waals surface area contributed by atoms with Crippen LogP contribution < -0.4 is 10.6 Å². The van der Waals surface area contributed by atoms with Crippen LogP contribution in [0.4, 0.5) is 5.82 Å². The smallest absolute Gasteiger partial charge is 0.181 e. The maximum Gasteiger partial charge on any atom is 0.181 e. The van der Waals surface area contributed by atoms with Gasteiger partial charge in [-0.1, -0.05) is 5.16 Å². The van der Waals surface area contributed by atoms with E-state index in [1.54, 1.807) is 6.20 Å². The lowest BCUT2D eigenvalue weighted by molar-refractivity contribution is 0.216. The van der Waals surface area contributed by atoms with E-state index in [4.69, 9.17) is 10.3 Å². The van der Waals surface area contributed by atoms with Gasteiger partial charge in [-0.2, -0.15) is 0 Å². The molecule has 1 aliphatic carbocycles. The Labute approximate surface area is 143 Å². The molecule has 2 aromatic heterocycles. The number of hydrogen-bond donors (Lipinski definition) is 1. The Morgan fingerprint density at radius 3 is 2.71 bits per heavy atom. The summed E-state index contributed by atoms with van der Waals surface area (Å²) in [7, 11) is 0. The molecule has 0 bridgehead atoms. The van der Waals surface area contributed by atoms with Gasteiger partial charge >= 0.3 is 0 Å². The van der Waals surface area contributed by atoms with Crippen molar-refractivity contribution in [3.05, 3.63) is 18.5 Å². The molecule has 2 fully saturated rings. The zero-order chi connectivity index (χ0) is 16.4. The molecule has 0 radical (unpaired) electrons. The summed E-state index contributed by atoms with van der Waals surface area (Å²) in [5.41, 5.74) is 6.82. The van der Waals surface area contributed by atoms with Crippen LogP contribution in [0, 0.1) is 5.92 Å². The predicted molar refractivity (Wildman–Crippen MR) is 95.0 cm³/mol. The van der Waals surface area contributed by atoms with Gasteiger partial charge in [-0.05, 0) is 44.6 Å². The molecule has 0 aromatic carbocycles. The van der Waals surface area contributed by atoms with Gasteiger partial charge < -0.3 is 15.2 Å². The highest BCUT2D eigenvalue weighted by atomic mass is 16.5. The second kappa shape index (κ2) is 7.07. The van der Waals surface area contributed by atoms with Gasteiger partial charge in [0.05, 0.1) is 5.39 Å². The molecule has 1 saturated heterocycles. The molecule has 0 spiro atoms. The molecule has 6 nitrogen and oxygen atoms in total. The Kier molecular flexibility index (Phi) is 4.67. The minimum Gasteiger partial charge on any atom is -0.354 e. The van der Waals surface area contributed by atoms with Crippen molar-refractivity contribution in [2.45, 2.75) is 38.1 Å². The third-order valence-corrected chi connectivity index (χ3v) is 5.67. The molecule has 2 N–H and O–H groups in total. The summed E-state index contributed by atoms with van der Waals surface area (Å²) < 4.78 is 5.41. The molecule has 1 saturated carbocycles. The Morgan fingerprint density at radius 2 is 1.92 bits per heavy atom. The van der Waals surface area contributed by atoms with E-state index in [-0.39, 0.29) is 0 Å². The third kappa shape index (κ3) is 3.39. The molecule has 0 amide bonds. The molecule has 4 rings (SSSR count). The van der Waals surface area contributed by atoms with Crippen molar-refractivity contribution in [1.82, 2.24) is 15.0 Å². The first kappa shape index (κ1) is 15.8. The molecule has 3 heterocycles. The fourth-order valence-electron chi connectivity index (χ4n) is 4.02. The van der Waals surface area contributed by atoms with Gasteiger partial charge in [0.1, 0.15) is 0 Å². The van der Waals surface area contributed by atoms with Crippen molar-refractivity contribution in [2.24, 2.45) is 11.7 Å². The quantitative estimate of drug-likeness (QED) is 0.928. The standard InChI is InChI=1S/C18H27N5O/c19-15-3-1-14(2-4-15)6-8-22-9-11-23(12-10-22)18-16-13-20-7-5-17(16)24-21-18/h5,7,13-15H,1-4,6,8-12,19H2/t14-,15-. The van der Waals surface area contributed by atoms with Gasteiger partial charge in [0.25, 0.3) is 0 Å². The number of aromatic nitrogens is 2. The van der Waals surface area contributed by atoms with E-state index in [1.165, 1.54) is 38.6 Å². The molecule has 130 valence electrons. The lowest BCUT2D eigenvalue weighted by Gasteiger charge is -2.36. The van der Waals surface area contributed by atoms with Crippen molar-refractivity contribution in [1.29, 1.82) is 0 Å². The molecule has 0 unspecified atom stereocenters. The highest BCUT2D eigenvalue weighted by molar-refractivity contribution is 5.87. The highest BCUT2D eigenvalue weighted by Gasteiger charge is 2.23. The Hall–Kier alpha value is -1.66. The Bertz CT molecular complexity index is 656. The van der Waals surface area contributed by atoms with Crippen LogP contribution in [0.1, 0.15) is 32.1 Å². The topological polar surface area (TPSA) is 71.4 Å². The lowest BCUT2D eigenvalue weighted by Crippen LogP contribution is -2.47. The van der Waals surface area contributed by atoms with Crippen LogP contribution >= 0.6 is 0 Å². The second-order valence-electron chi connectivity index (χ2n) is 7.28. The third-order valence-electron chi connectivity index (χ3n) is 5.67. The fraction of sp³-hybridized carbons (Fsp3) is 0.667. The van der Waals surface area contributed by atoms with E-state index in [2.05, 4.69) is 19.9 Å². The number of pyridine rings is 1. The van der Waals surface area contributed by atoms with Crippen molar-refractivity contribution >= 4 is 16.8 Å². The number of nitrogens with two attached hydrogens (primary N) is 1. The van der Waals surface area contributed by atoms with Crippen LogP contribution in [0.25, 0.3) is 11.0 Å². The number of fused-ring (bicyclic) bond motifs is 1. The van der Waals surface area contributed by atoms with E-state index in [0.29, 0.717) is 6.04 Å². The van der Waals surface area contributed by atoms with Crippen LogP contribution in [0.3, 0.4) is 0 Å². The summed E-state index contributed by atoms with van der Waals surface area (Å²) >= 11 is 0. The molecule has 24 heavy (non-hydrogen) atoms. The summed E-state index contributed by atoms with van der Waals surface area (Å²) in [6, 6.07) is 2.33. The molecule has 0 atom stereocenters. The summed E-state index contributed by atoms with van der Waals surface area (Å²) in [5.74, 6) is 1.83. The van der Waals surface area contributed by atoms with E-state index in [0.717, 1.165) is 48.9 Å². The first-order chi connectivity index (χ1) is 11.8. The van der Waals surface area contributed by atoms with Crippen LogP contribution in [0.15, 0.2) is 23.0 Å². The van der Waals surface area contributed by atoms with Crippen LogP contribution in [-0.2, 0) is 0 Å². The van der Waals surface area contributed by atoms with Crippen LogP contribution in [0.5, 0.6) is 0 Å². The number of nitrogens with zero attached hydrogens (tertiary/aromatic N) is 4. The first-order valence-electron chi connectivity index (χ1n) is 9.22. The zero-order valence-electron chi connectivity index (χ0n) is 14.2. The maximum atomic E-state index is 6.00. The summed E-state index contributed by atoms with van der Waals surface area (Å²) in [6.45, 7) is 5.43. The van der Waals surface area contributed by atoms with Gasteiger partial charge in [-0.15, -0.1) is 0 Å². The minimum absolute atomic E-state index is 0.455. The SMILES string of the molecule is N[C@H]1CC[C@H](CCN2CCN(c3noc4ccncc34)CC2)CC1. The predicted octanol–water partition coefficient (Wildman–Crippen LogP) is 2.25. The van der Waals surface area contributed by atoms with Crippen molar-refractivity contribution in [2.75, 3.05) is 37.6 Å². The number of hydrogen-bond acceptors (Lipinski definition) is 6. The monoisotopic (exact) mass is 329 g/mol. The van der Waals surface area contributed by atoms with Crippen LogP contribution in [-0.4, -0.2) is 53.8 Å². The lowest BCUT2D eigenvalue weighted by atomic mass is 9.84. The van der Waals surface area contributed by atoms with Crippen molar-refractivity contribution < 1.29 is 4.52 Å².